The van der Waals surface area contributed by atoms with Crippen LogP contribution in [0.25, 0.3) is 0 Å². The van der Waals surface area contributed by atoms with Crippen molar-refractivity contribution in [1.82, 2.24) is 24.8 Å². The van der Waals surface area contributed by atoms with E-state index in [1.54, 1.807) is 12.4 Å². The maximum atomic E-state index is 12.6. The summed E-state index contributed by atoms with van der Waals surface area (Å²) < 4.78 is 0. The highest BCUT2D eigenvalue weighted by atomic mass is 16.2. The number of nitrogens with one attached hydrogen (secondary N) is 2. The minimum absolute atomic E-state index is 0.0857. The Morgan fingerprint density at radius 2 is 1.87 bits per heavy atom. The molecule has 0 radical (unpaired) electrons. The van der Waals surface area contributed by atoms with Gasteiger partial charge in [0.25, 0.3) is 5.91 Å². The van der Waals surface area contributed by atoms with E-state index >= 15 is 0 Å². The normalized spacial score (nSPS) is 14.3. The SMILES string of the molecule is CNc1cc(Nc2cc(CCC3CCN(C(=O)c4cccnc4)CC3)ccn2)ncn1. The molecule has 0 bridgehead atoms. The van der Waals surface area contributed by atoms with Crippen molar-refractivity contribution in [1.29, 1.82) is 0 Å². The summed E-state index contributed by atoms with van der Waals surface area (Å²) >= 11 is 0. The third kappa shape index (κ3) is 5.53. The first kappa shape index (κ1) is 20.7. The highest BCUT2D eigenvalue weighted by Gasteiger charge is 2.23. The molecule has 0 aromatic carbocycles. The molecule has 31 heavy (non-hydrogen) atoms. The van der Waals surface area contributed by atoms with Crippen LogP contribution in [0.2, 0.25) is 0 Å². The number of hydrogen-bond donors (Lipinski definition) is 2. The molecule has 160 valence electrons. The largest absolute Gasteiger partial charge is 0.373 e. The molecule has 3 aromatic heterocycles. The summed E-state index contributed by atoms with van der Waals surface area (Å²) in [7, 11) is 1.82. The van der Waals surface area contributed by atoms with Gasteiger partial charge in [-0.25, -0.2) is 15.0 Å². The average molecular weight is 418 g/mol. The van der Waals surface area contributed by atoms with E-state index in [1.165, 1.54) is 11.9 Å². The number of hydrogen-bond acceptors (Lipinski definition) is 7. The van der Waals surface area contributed by atoms with E-state index in [-0.39, 0.29) is 5.91 Å². The van der Waals surface area contributed by atoms with Gasteiger partial charge in [0.15, 0.2) is 0 Å². The second-order valence-electron chi connectivity index (χ2n) is 7.73. The second-order valence-corrected chi connectivity index (χ2v) is 7.73. The van der Waals surface area contributed by atoms with Gasteiger partial charge in [-0.05, 0) is 61.4 Å². The zero-order valence-electron chi connectivity index (χ0n) is 17.7. The van der Waals surface area contributed by atoms with E-state index in [9.17, 15) is 4.79 Å². The molecule has 4 rings (SSSR count). The van der Waals surface area contributed by atoms with Gasteiger partial charge >= 0.3 is 0 Å². The van der Waals surface area contributed by atoms with Crippen LogP contribution < -0.4 is 10.6 Å². The molecule has 0 aliphatic carbocycles. The minimum Gasteiger partial charge on any atom is -0.373 e. The topological polar surface area (TPSA) is 95.9 Å². The van der Waals surface area contributed by atoms with Crippen molar-refractivity contribution in [2.24, 2.45) is 5.92 Å². The fraction of sp³-hybridized carbons (Fsp3) is 0.348. The second kappa shape index (κ2) is 9.97. The Kier molecular flexibility index (Phi) is 6.66. The number of likely N-dealkylation sites (tertiary alicyclic amines) is 1. The lowest BCUT2D eigenvalue weighted by atomic mass is 9.90. The van der Waals surface area contributed by atoms with E-state index < -0.39 is 0 Å². The highest BCUT2D eigenvalue weighted by Crippen LogP contribution is 2.24. The molecule has 4 heterocycles. The van der Waals surface area contributed by atoms with E-state index in [4.69, 9.17) is 0 Å². The molecule has 8 nitrogen and oxygen atoms in total. The van der Waals surface area contributed by atoms with Crippen molar-refractivity contribution in [2.45, 2.75) is 25.7 Å². The van der Waals surface area contributed by atoms with Gasteiger partial charge in [-0.15, -0.1) is 0 Å². The Bertz CT molecular complexity index is 1000. The standard InChI is InChI=1S/C23H27N7O/c1-24-20-14-22(28-16-27-20)29-21-13-18(6-10-26-21)5-4-17-7-11-30(12-8-17)23(31)19-3-2-9-25-15-19/h2-3,6,9-10,13-17H,4-5,7-8,11-12H2,1H3,(H2,24,26,27,28,29). The van der Waals surface area contributed by atoms with E-state index in [2.05, 4.69) is 42.7 Å². The van der Waals surface area contributed by atoms with Crippen LogP contribution in [0.4, 0.5) is 17.5 Å². The lowest BCUT2D eigenvalue weighted by Crippen LogP contribution is -2.38. The fourth-order valence-electron chi connectivity index (χ4n) is 3.86. The number of amides is 1. The number of carbonyl (C=O) groups excluding carboxylic acids is 1. The van der Waals surface area contributed by atoms with Gasteiger partial charge in [-0.1, -0.05) is 0 Å². The third-order valence-corrected chi connectivity index (χ3v) is 5.66. The first-order chi connectivity index (χ1) is 15.2. The predicted octanol–water partition coefficient (Wildman–Crippen LogP) is 3.54. The molecule has 0 saturated carbocycles. The van der Waals surface area contributed by atoms with E-state index in [0.717, 1.165) is 50.4 Å². The summed E-state index contributed by atoms with van der Waals surface area (Å²) in [6.07, 6.45) is 10.9. The fourth-order valence-corrected chi connectivity index (χ4v) is 3.86. The molecule has 0 spiro atoms. The maximum Gasteiger partial charge on any atom is 0.255 e. The van der Waals surface area contributed by atoms with Gasteiger partial charge in [0.2, 0.25) is 0 Å². The average Bonchev–Trinajstić information content (AvgIpc) is 2.83. The molecular weight excluding hydrogens is 390 g/mol. The highest BCUT2D eigenvalue weighted by molar-refractivity contribution is 5.93. The summed E-state index contributed by atoms with van der Waals surface area (Å²) in [5.74, 6) is 2.94. The van der Waals surface area contributed by atoms with E-state index in [0.29, 0.717) is 17.3 Å². The van der Waals surface area contributed by atoms with Crippen LogP contribution in [0.3, 0.4) is 0 Å². The van der Waals surface area contributed by atoms with Crippen LogP contribution in [0.15, 0.2) is 55.2 Å². The van der Waals surface area contributed by atoms with Crippen LogP contribution in [0, 0.1) is 5.92 Å². The smallest absolute Gasteiger partial charge is 0.255 e. The molecule has 8 heteroatoms. The lowest BCUT2D eigenvalue weighted by molar-refractivity contribution is 0.0686. The van der Waals surface area contributed by atoms with Crippen LogP contribution >= 0.6 is 0 Å². The molecule has 0 atom stereocenters. The zero-order chi connectivity index (χ0) is 21.5. The molecular formula is C23H27N7O. The summed E-state index contributed by atoms with van der Waals surface area (Å²) in [5, 5.41) is 6.24. The predicted molar refractivity (Wildman–Crippen MR) is 120 cm³/mol. The first-order valence-electron chi connectivity index (χ1n) is 10.6. The van der Waals surface area contributed by atoms with Crippen LogP contribution in [0.1, 0.15) is 35.2 Å². The van der Waals surface area contributed by atoms with Crippen molar-refractivity contribution in [3.63, 3.8) is 0 Å². The number of pyridine rings is 2. The number of carbonyl (C=O) groups is 1. The van der Waals surface area contributed by atoms with Crippen LogP contribution in [-0.4, -0.2) is 50.9 Å². The molecule has 2 N–H and O–H groups in total. The molecule has 1 fully saturated rings. The number of aryl methyl sites for hydroxylation is 1. The van der Waals surface area contributed by atoms with Gasteiger partial charge < -0.3 is 15.5 Å². The molecule has 1 amide bonds. The monoisotopic (exact) mass is 417 g/mol. The Morgan fingerprint density at radius 3 is 2.65 bits per heavy atom. The summed E-state index contributed by atoms with van der Waals surface area (Å²) in [4.78, 5) is 31.3. The molecule has 1 aliphatic heterocycles. The third-order valence-electron chi connectivity index (χ3n) is 5.66. The van der Waals surface area contributed by atoms with Crippen molar-refractivity contribution in [3.8, 4) is 0 Å². The lowest BCUT2D eigenvalue weighted by Gasteiger charge is -2.32. The first-order valence-corrected chi connectivity index (χ1v) is 10.6. The van der Waals surface area contributed by atoms with Gasteiger partial charge in [0.05, 0.1) is 5.56 Å². The molecule has 1 aliphatic rings. The molecule has 3 aromatic rings. The minimum atomic E-state index is 0.0857. The van der Waals surface area contributed by atoms with Gasteiger partial charge in [0.1, 0.15) is 23.8 Å². The summed E-state index contributed by atoms with van der Waals surface area (Å²) in [6, 6.07) is 9.61. The summed E-state index contributed by atoms with van der Waals surface area (Å²) in [6.45, 7) is 1.62. The van der Waals surface area contributed by atoms with Crippen molar-refractivity contribution in [2.75, 3.05) is 30.8 Å². The van der Waals surface area contributed by atoms with Gasteiger partial charge in [-0.3, -0.25) is 9.78 Å². The Hall–Kier alpha value is -3.55. The number of nitrogens with zero attached hydrogens (tertiary/aromatic N) is 5. The Labute approximate surface area is 182 Å². The van der Waals surface area contributed by atoms with Gasteiger partial charge in [0, 0.05) is 44.8 Å². The number of rotatable bonds is 7. The Morgan fingerprint density at radius 1 is 1.06 bits per heavy atom. The number of piperidine rings is 1. The quantitative estimate of drug-likeness (QED) is 0.607. The van der Waals surface area contributed by atoms with Crippen LogP contribution in [0.5, 0.6) is 0 Å². The van der Waals surface area contributed by atoms with Crippen LogP contribution in [-0.2, 0) is 6.42 Å². The number of anilines is 3. The van der Waals surface area contributed by atoms with Crippen molar-refractivity contribution in [3.05, 3.63) is 66.4 Å². The molecule has 0 unspecified atom stereocenters. The summed E-state index contributed by atoms with van der Waals surface area (Å²) in [5.41, 5.74) is 1.91. The Balaban J connectivity index is 1.27. The number of aromatic nitrogens is 4. The zero-order valence-corrected chi connectivity index (χ0v) is 17.7. The van der Waals surface area contributed by atoms with Gasteiger partial charge in [-0.2, -0.15) is 0 Å². The molecule has 1 saturated heterocycles. The van der Waals surface area contributed by atoms with E-state index in [1.807, 2.05) is 36.3 Å². The maximum absolute atomic E-state index is 12.6. The van der Waals surface area contributed by atoms with Crippen molar-refractivity contribution < 1.29 is 4.79 Å². The van der Waals surface area contributed by atoms with Crippen molar-refractivity contribution >= 4 is 23.4 Å².